The molecule has 1 N–H and O–H groups in total. The molecule has 2 aliphatic heterocycles. The third-order valence-corrected chi connectivity index (χ3v) is 4.45. The first kappa shape index (κ1) is 11.7. The maximum absolute atomic E-state index is 5.77. The Labute approximate surface area is 98.0 Å². The van der Waals surface area contributed by atoms with Crippen molar-refractivity contribution < 1.29 is 4.74 Å². The minimum absolute atomic E-state index is 0.410. The number of nitrogens with one attached hydrogen (secondary N) is 1. The van der Waals surface area contributed by atoms with Crippen molar-refractivity contribution in [3.05, 3.63) is 0 Å². The van der Waals surface area contributed by atoms with Crippen LogP contribution in [0.4, 0.5) is 0 Å². The summed E-state index contributed by atoms with van der Waals surface area (Å²) in [7, 11) is 0. The summed E-state index contributed by atoms with van der Waals surface area (Å²) in [6.45, 7) is 8.65. The van der Waals surface area contributed by atoms with Crippen LogP contribution in [0.5, 0.6) is 0 Å². The molecule has 0 spiro atoms. The Morgan fingerprint density at radius 2 is 2.27 bits per heavy atom. The number of fused-ring (bicyclic) bond motifs is 1. The van der Waals surface area contributed by atoms with Crippen LogP contribution in [0, 0.1) is 5.92 Å². The van der Waals surface area contributed by atoms with Gasteiger partial charge in [-0.2, -0.15) is 12.6 Å². The second kappa shape index (κ2) is 5.04. The van der Waals surface area contributed by atoms with E-state index in [9.17, 15) is 0 Å². The molecular weight excluding hydrogens is 208 g/mol. The molecule has 2 fully saturated rings. The Balaban J connectivity index is 2.00. The van der Waals surface area contributed by atoms with Gasteiger partial charge in [0.25, 0.3) is 0 Å². The summed E-state index contributed by atoms with van der Waals surface area (Å²) < 4.78 is 5.77. The van der Waals surface area contributed by atoms with Crippen LogP contribution < -0.4 is 5.32 Å². The van der Waals surface area contributed by atoms with Crippen molar-refractivity contribution >= 4 is 12.6 Å². The molecule has 0 aromatic heterocycles. The van der Waals surface area contributed by atoms with Crippen molar-refractivity contribution in [2.75, 3.05) is 32.0 Å². The Kier molecular flexibility index (Phi) is 3.93. The lowest BCUT2D eigenvalue weighted by Crippen LogP contribution is -2.55. The number of hydrogen-bond acceptors (Lipinski definition) is 4. The fraction of sp³-hybridized carbons (Fsp3) is 1.00. The first-order chi connectivity index (χ1) is 7.24. The summed E-state index contributed by atoms with van der Waals surface area (Å²) >= 11 is 4.40. The molecule has 0 aromatic carbocycles. The van der Waals surface area contributed by atoms with Crippen molar-refractivity contribution in [2.45, 2.75) is 32.0 Å². The van der Waals surface area contributed by atoms with Gasteiger partial charge in [0.05, 0.1) is 12.7 Å². The number of nitrogens with zero attached hydrogens (tertiary/aromatic N) is 1. The fourth-order valence-corrected chi connectivity index (χ4v) is 2.91. The van der Waals surface area contributed by atoms with E-state index < -0.39 is 0 Å². The fourth-order valence-electron chi connectivity index (χ4n) is 2.60. The molecule has 0 aromatic rings. The minimum Gasteiger partial charge on any atom is -0.374 e. The first-order valence-corrected chi connectivity index (χ1v) is 6.56. The summed E-state index contributed by atoms with van der Waals surface area (Å²) in [5, 5.41) is 3.42. The second-order valence-electron chi connectivity index (χ2n) is 4.77. The largest absolute Gasteiger partial charge is 0.374 e. The molecule has 15 heavy (non-hydrogen) atoms. The summed E-state index contributed by atoms with van der Waals surface area (Å²) in [5.74, 6) is 1.61. The van der Waals surface area contributed by atoms with Gasteiger partial charge in [0, 0.05) is 31.7 Å². The van der Waals surface area contributed by atoms with Crippen LogP contribution in [0.1, 0.15) is 13.8 Å². The van der Waals surface area contributed by atoms with Gasteiger partial charge in [-0.15, -0.1) is 0 Å². The van der Waals surface area contributed by atoms with Crippen LogP contribution >= 0.6 is 12.6 Å². The van der Waals surface area contributed by atoms with Crippen molar-refractivity contribution in [1.29, 1.82) is 0 Å². The van der Waals surface area contributed by atoms with Crippen molar-refractivity contribution in [1.82, 2.24) is 10.2 Å². The van der Waals surface area contributed by atoms with Crippen LogP contribution in [-0.4, -0.2) is 55.1 Å². The summed E-state index contributed by atoms with van der Waals surface area (Å²) in [4.78, 5) is 2.61. The molecular formula is C11H22N2OS. The van der Waals surface area contributed by atoms with Crippen molar-refractivity contribution in [2.24, 2.45) is 5.92 Å². The van der Waals surface area contributed by atoms with E-state index in [2.05, 4.69) is 36.7 Å². The maximum atomic E-state index is 5.77. The van der Waals surface area contributed by atoms with E-state index >= 15 is 0 Å². The van der Waals surface area contributed by atoms with Crippen LogP contribution in [-0.2, 0) is 4.74 Å². The Bertz CT molecular complexity index is 215. The van der Waals surface area contributed by atoms with E-state index in [1.54, 1.807) is 0 Å². The molecule has 0 saturated carbocycles. The number of thiol groups is 1. The van der Waals surface area contributed by atoms with E-state index in [1.807, 2.05) is 0 Å². The molecule has 88 valence electrons. The predicted molar refractivity (Wildman–Crippen MR) is 65.6 cm³/mol. The molecule has 4 unspecified atom stereocenters. The Hall–Kier alpha value is 0.230. The SMILES string of the molecule is CC(CS)C(C)N1CCOC2CNCC21. The minimum atomic E-state index is 0.410. The molecule has 2 aliphatic rings. The summed E-state index contributed by atoms with van der Waals surface area (Å²) in [6.07, 6.45) is 0.410. The molecule has 3 nitrogen and oxygen atoms in total. The summed E-state index contributed by atoms with van der Waals surface area (Å²) in [6, 6.07) is 1.19. The molecule has 0 bridgehead atoms. The summed E-state index contributed by atoms with van der Waals surface area (Å²) in [5.41, 5.74) is 0. The maximum Gasteiger partial charge on any atom is 0.0867 e. The molecule has 0 radical (unpaired) electrons. The quantitative estimate of drug-likeness (QED) is 0.695. The monoisotopic (exact) mass is 230 g/mol. The van der Waals surface area contributed by atoms with Gasteiger partial charge in [-0.25, -0.2) is 0 Å². The zero-order valence-electron chi connectivity index (χ0n) is 9.65. The third kappa shape index (κ3) is 2.33. The number of morpholine rings is 1. The van der Waals surface area contributed by atoms with Crippen molar-refractivity contribution in [3.63, 3.8) is 0 Å². The lowest BCUT2D eigenvalue weighted by molar-refractivity contribution is -0.0667. The zero-order chi connectivity index (χ0) is 10.8. The third-order valence-electron chi connectivity index (χ3n) is 3.87. The van der Waals surface area contributed by atoms with Crippen LogP contribution in [0.3, 0.4) is 0 Å². The lowest BCUT2D eigenvalue weighted by Gasteiger charge is -2.42. The molecule has 4 atom stereocenters. The highest BCUT2D eigenvalue weighted by Gasteiger charge is 2.38. The average Bonchev–Trinajstić information content (AvgIpc) is 2.74. The van der Waals surface area contributed by atoms with Gasteiger partial charge in [-0.1, -0.05) is 6.92 Å². The zero-order valence-corrected chi connectivity index (χ0v) is 10.5. The van der Waals surface area contributed by atoms with E-state index in [0.717, 1.165) is 32.0 Å². The number of ether oxygens (including phenoxy) is 1. The van der Waals surface area contributed by atoms with E-state index in [-0.39, 0.29) is 0 Å². The average molecular weight is 230 g/mol. The van der Waals surface area contributed by atoms with E-state index in [0.29, 0.717) is 24.1 Å². The molecule has 4 heteroatoms. The van der Waals surface area contributed by atoms with Gasteiger partial charge >= 0.3 is 0 Å². The Morgan fingerprint density at radius 3 is 3.00 bits per heavy atom. The first-order valence-electron chi connectivity index (χ1n) is 5.93. The normalized spacial score (nSPS) is 36.2. The highest BCUT2D eigenvalue weighted by atomic mass is 32.1. The second-order valence-corrected chi connectivity index (χ2v) is 5.14. The van der Waals surface area contributed by atoms with Gasteiger partial charge < -0.3 is 10.1 Å². The molecule has 0 aliphatic carbocycles. The molecule has 2 rings (SSSR count). The Morgan fingerprint density at radius 1 is 1.47 bits per heavy atom. The number of hydrogen-bond donors (Lipinski definition) is 2. The van der Waals surface area contributed by atoms with E-state index in [1.165, 1.54) is 0 Å². The topological polar surface area (TPSA) is 24.5 Å². The highest BCUT2D eigenvalue weighted by Crippen LogP contribution is 2.23. The van der Waals surface area contributed by atoms with Crippen LogP contribution in [0.15, 0.2) is 0 Å². The highest BCUT2D eigenvalue weighted by molar-refractivity contribution is 7.80. The van der Waals surface area contributed by atoms with Crippen molar-refractivity contribution in [3.8, 4) is 0 Å². The van der Waals surface area contributed by atoms with Gasteiger partial charge in [-0.3, -0.25) is 4.90 Å². The smallest absolute Gasteiger partial charge is 0.0867 e. The molecule has 0 amide bonds. The molecule has 2 saturated heterocycles. The van der Waals surface area contributed by atoms with Gasteiger partial charge in [0.1, 0.15) is 0 Å². The van der Waals surface area contributed by atoms with Gasteiger partial charge in [0.2, 0.25) is 0 Å². The van der Waals surface area contributed by atoms with Crippen LogP contribution in [0.25, 0.3) is 0 Å². The predicted octanol–water partition coefficient (Wildman–Crippen LogP) is 0.613. The lowest BCUT2D eigenvalue weighted by atomic mass is 10.00. The van der Waals surface area contributed by atoms with Crippen LogP contribution in [0.2, 0.25) is 0 Å². The standard InChI is InChI=1S/C11H22N2OS/c1-8(7-15)9(2)13-3-4-14-11-6-12-5-10(11)13/h8-12,15H,3-7H2,1-2H3. The number of rotatable bonds is 3. The van der Waals surface area contributed by atoms with E-state index in [4.69, 9.17) is 4.74 Å². The van der Waals surface area contributed by atoms with Gasteiger partial charge in [0.15, 0.2) is 0 Å². The van der Waals surface area contributed by atoms with Gasteiger partial charge in [-0.05, 0) is 18.6 Å². The molecule has 2 heterocycles.